The predicted molar refractivity (Wildman–Crippen MR) is 121 cm³/mol. The molecule has 1 aromatic carbocycles. The SMILES string of the molecule is CN(C)c1nc(NC2CCC(NC(=O)Nc3ccc(F)cc3)CC2)nc2c1CCCC2. The van der Waals surface area contributed by atoms with Crippen LogP contribution in [0, 0.1) is 5.82 Å². The van der Waals surface area contributed by atoms with E-state index < -0.39 is 0 Å². The second-order valence-corrected chi connectivity index (χ2v) is 8.70. The summed E-state index contributed by atoms with van der Waals surface area (Å²) >= 11 is 0. The molecular weight excluding hydrogens is 395 g/mol. The number of rotatable bonds is 5. The Morgan fingerprint density at radius 3 is 2.39 bits per heavy atom. The molecule has 2 amide bonds. The Labute approximate surface area is 182 Å². The second kappa shape index (κ2) is 9.49. The Balaban J connectivity index is 1.29. The van der Waals surface area contributed by atoms with Crippen LogP contribution in [-0.4, -0.2) is 42.2 Å². The average molecular weight is 427 g/mol. The summed E-state index contributed by atoms with van der Waals surface area (Å²) < 4.78 is 13.0. The molecule has 0 atom stereocenters. The van der Waals surface area contributed by atoms with E-state index in [1.165, 1.54) is 36.2 Å². The maximum atomic E-state index is 13.0. The van der Waals surface area contributed by atoms with E-state index >= 15 is 0 Å². The number of benzene rings is 1. The predicted octanol–water partition coefficient (Wildman–Crippen LogP) is 4.11. The van der Waals surface area contributed by atoms with Gasteiger partial charge in [-0.25, -0.2) is 14.2 Å². The van der Waals surface area contributed by atoms with Crippen molar-refractivity contribution in [1.82, 2.24) is 15.3 Å². The molecule has 2 aliphatic carbocycles. The third kappa shape index (κ3) is 5.42. The Kier molecular flexibility index (Phi) is 6.53. The number of nitrogens with one attached hydrogen (secondary N) is 3. The molecule has 0 bridgehead atoms. The molecule has 166 valence electrons. The highest BCUT2D eigenvalue weighted by atomic mass is 19.1. The minimum atomic E-state index is -0.322. The van der Waals surface area contributed by atoms with Crippen LogP contribution in [0.1, 0.15) is 49.8 Å². The molecule has 4 rings (SSSR count). The highest BCUT2D eigenvalue weighted by Crippen LogP contribution is 2.29. The normalized spacial score (nSPS) is 20.5. The quantitative estimate of drug-likeness (QED) is 0.670. The maximum Gasteiger partial charge on any atom is 0.319 e. The number of aryl methyl sites for hydroxylation is 1. The molecule has 1 heterocycles. The Morgan fingerprint density at radius 2 is 1.68 bits per heavy atom. The monoisotopic (exact) mass is 426 g/mol. The van der Waals surface area contributed by atoms with E-state index in [0.29, 0.717) is 11.7 Å². The number of carbonyl (C=O) groups excluding carboxylic acids is 1. The third-order valence-electron chi connectivity index (χ3n) is 6.08. The zero-order chi connectivity index (χ0) is 21.8. The van der Waals surface area contributed by atoms with Gasteiger partial charge in [-0.1, -0.05) is 0 Å². The van der Waals surface area contributed by atoms with Crippen LogP contribution in [0.4, 0.5) is 26.6 Å². The van der Waals surface area contributed by atoms with Gasteiger partial charge in [-0.2, -0.15) is 4.98 Å². The van der Waals surface area contributed by atoms with Gasteiger partial charge in [-0.3, -0.25) is 0 Å². The largest absolute Gasteiger partial charge is 0.362 e. The van der Waals surface area contributed by atoms with Crippen molar-refractivity contribution in [2.24, 2.45) is 0 Å². The van der Waals surface area contributed by atoms with E-state index in [4.69, 9.17) is 9.97 Å². The van der Waals surface area contributed by atoms with E-state index in [1.54, 1.807) is 12.1 Å². The lowest BCUT2D eigenvalue weighted by atomic mass is 9.91. The number of fused-ring (bicyclic) bond motifs is 1. The summed E-state index contributed by atoms with van der Waals surface area (Å²) in [5, 5.41) is 9.31. The molecule has 1 saturated carbocycles. The molecule has 8 heteroatoms. The molecule has 7 nitrogen and oxygen atoms in total. The van der Waals surface area contributed by atoms with Crippen molar-refractivity contribution < 1.29 is 9.18 Å². The van der Waals surface area contributed by atoms with Crippen LogP contribution in [-0.2, 0) is 12.8 Å². The van der Waals surface area contributed by atoms with Gasteiger partial charge in [0.25, 0.3) is 0 Å². The molecule has 1 aromatic heterocycles. The zero-order valence-corrected chi connectivity index (χ0v) is 18.2. The lowest BCUT2D eigenvalue weighted by Crippen LogP contribution is -2.42. The van der Waals surface area contributed by atoms with Gasteiger partial charge in [-0.15, -0.1) is 0 Å². The van der Waals surface area contributed by atoms with Gasteiger partial charge in [0.15, 0.2) is 0 Å². The molecule has 2 aliphatic rings. The Hall–Kier alpha value is -2.90. The van der Waals surface area contributed by atoms with E-state index in [9.17, 15) is 9.18 Å². The van der Waals surface area contributed by atoms with E-state index in [-0.39, 0.29) is 17.9 Å². The molecule has 1 fully saturated rings. The number of anilines is 3. The maximum absolute atomic E-state index is 13.0. The number of hydrogen-bond acceptors (Lipinski definition) is 5. The van der Waals surface area contributed by atoms with Gasteiger partial charge in [0.1, 0.15) is 11.6 Å². The number of carbonyl (C=O) groups is 1. The lowest BCUT2D eigenvalue weighted by Gasteiger charge is -2.30. The topological polar surface area (TPSA) is 82.2 Å². The van der Waals surface area contributed by atoms with E-state index in [0.717, 1.165) is 50.3 Å². The minimum absolute atomic E-state index is 0.125. The molecule has 0 unspecified atom stereocenters. The molecule has 0 saturated heterocycles. The fourth-order valence-corrected chi connectivity index (χ4v) is 4.46. The van der Waals surface area contributed by atoms with Crippen LogP contribution in [0.2, 0.25) is 0 Å². The van der Waals surface area contributed by atoms with Crippen molar-refractivity contribution in [2.75, 3.05) is 29.6 Å². The molecular formula is C23H31FN6O. The van der Waals surface area contributed by atoms with Gasteiger partial charge < -0.3 is 20.9 Å². The smallest absolute Gasteiger partial charge is 0.319 e. The number of halogens is 1. The first-order valence-corrected chi connectivity index (χ1v) is 11.1. The number of amides is 2. The minimum Gasteiger partial charge on any atom is -0.362 e. The first-order chi connectivity index (χ1) is 15.0. The van der Waals surface area contributed by atoms with Crippen LogP contribution in [0.3, 0.4) is 0 Å². The fraction of sp³-hybridized carbons (Fsp3) is 0.522. The molecule has 0 spiro atoms. The van der Waals surface area contributed by atoms with Gasteiger partial charge in [-0.05, 0) is 75.6 Å². The first kappa shape index (κ1) is 21.3. The summed E-state index contributed by atoms with van der Waals surface area (Å²) in [5.41, 5.74) is 3.05. The first-order valence-electron chi connectivity index (χ1n) is 11.1. The molecule has 0 aliphatic heterocycles. The van der Waals surface area contributed by atoms with Crippen LogP contribution >= 0.6 is 0 Å². The summed E-state index contributed by atoms with van der Waals surface area (Å²) in [4.78, 5) is 23.9. The summed E-state index contributed by atoms with van der Waals surface area (Å²) in [5.74, 6) is 1.42. The van der Waals surface area contributed by atoms with Crippen molar-refractivity contribution in [3.05, 3.63) is 41.3 Å². The standard InChI is InChI=1S/C23H31FN6O/c1-30(2)21-19-5-3-4-6-20(19)28-22(29-21)25-16-11-13-18(14-12-16)27-23(31)26-17-9-7-15(24)8-10-17/h7-10,16,18H,3-6,11-14H2,1-2H3,(H,25,28,29)(H2,26,27,31). The van der Waals surface area contributed by atoms with Crippen LogP contribution in [0.15, 0.2) is 24.3 Å². The lowest BCUT2D eigenvalue weighted by molar-refractivity contribution is 0.243. The average Bonchev–Trinajstić information content (AvgIpc) is 2.76. The van der Waals surface area contributed by atoms with Crippen LogP contribution < -0.4 is 20.9 Å². The number of urea groups is 1. The van der Waals surface area contributed by atoms with Crippen molar-refractivity contribution >= 4 is 23.5 Å². The summed E-state index contributed by atoms with van der Waals surface area (Å²) in [7, 11) is 4.07. The molecule has 31 heavy (non-hydrogen) atoms. The van der Waals surface area contributed by atoms with Crippen LogP contribution in [0.5, 0.6) is 0 Å². The molecule has 2 aromatic rings. The van der Waals surface area contributed by atoms with E-state index in [1.807, 2.05) is 14.1 Å². The number of aromatic nitrogens is 2. The van der Waals surface area contributed by atoms with Gasteiger partial charge >= 0.3 is 6.03 Å². The molecule has 3 N–H and O–H groups in total. The van der Waals surface area contributed by atoms with Gasteiger partial charge in [0.05, 0.1) is 5.69 Å². The highest BCUT2D eigenvalue weighted by Gasteiger charge is 2.24. The number of hydrogen-bond donors (Lipinski definition) is 3. The number of nitrogens with zero attached hydrogens (tertiary/aromatic N) is 3. The van der Waals surface area contributed by atoms with Gasteiger partial charge in [0, 0.05) is 37.4 Å². The van der Waals surface area contributed by atoms with Crippen LogP contribution in [0.25, 0.3) is 0 Å². The molecule has 0 radical (unpaired) electrons. The van der Waals surface area contributed by atoms with Crippen molar-refractivity contribution in [3.8, 4) is 0 Å². The van der Waals surface area contributed by atoms with E-state index in [2.05, 4.69) is 20.9 Å². The van der Waals surface area contributed by atoms with Crippen molar-refractivity contribution in [1.29, 1.82) is 0 Å². The van der Waals surface area contributed by atoms with Crippen molar-refractivity contribution in [3.63, 3.8) is 0 Å². The van der Waals surface area contributed by atoms with Gasteiger partial charge in [0.2, 0.25) is 5.95 Å². The second-order valence-electron chi connectivity index (χ2n) is 8.70. The fourth-order valence-electron chi connectivity index (χ4n) is 4.46. The zero-order valence-electron chi connectivity index (χ0n) is 18.2. The summed E-state index contributed by atoms with van der Waals surface area (Å²) in [6.45, 7) is 0. The Bertz CT molecular complexity index is 909. The summed E-state index contributed by atoms with van der Waals surface area (Å²) in [6.07, 6.45) is 8.13. The summed E-state index contributed by atoms with van der Waals surface area (Å²) in [6, 6.07) is 5.94. The highest BCUT2D eigenvalue weighted by molar-refractivity contribution is 5.89. The van der Waals surface area contributed by atoms with Crippen molar-refractivity contribution in [2.45, 2.75) is 63.5 Å². The Morgan fingerprint density at radius 1 is 1.00 bits per heavy atom. The third-order valence-corrected chi connectivity index (χ3v) is 6.08.